The molecule has 0 aliphatic rings. The molecule has 2 aromatic carbocycles. The van der Waals surface area contributed by atoms with Crippen LogP contribution in [0.5, 0.6) is 0 Å². The highest BCUT2D eigenvalue weighted by Gasteiger charge is 2.16. The maximum absolute atomic E-state index is 13.6. The number of halogens is 1. The third kappa shape index (κ3) is 2.81. The Hall–Kier alpha value is -2.16. The van der Waals surface area contributed by atoms with Crippen molar-refractivity contribution in [3.8, 4) is 0 Å². The molecule has 0 N–H and O–H groups in total. The Morgan fingerprint density at radius 2 is 1.74 bits per heavy atom. The minimum Gasteiger partial charge on any atom is -0.311 e. The van der Waals surface area contributed by atoms with Crippen LogP contribution in [0.15, 0.2) is 48.5 Å². The van der Waals surface area contributed by atoms with Gasteiger partial charge in [0, 0.05) is 12.7 Å². The Labute approximate surface area is 112 Å². The van der Waals surface area contributed by atoms with Crippen LogP contribution < -0.4 is 4.90 Å². The molecule has 0 aliphatic carbocycles. The largest absolute Gasteiger partial charge is 0.311 e. The summed E-state index contributed by atoms with van der Waals surface area (Å²) < 4.78 is 13.6. The first-order valence-electron chi connectivity index (χ1n) is 6.25. The van der Waals surface area contributed by atoms with E-state index < -0.39 is 5.82 Å². The van der Waals surface area contributed by atoms with Gasteiger partial charge in [-0.15, -0.1) is 0 Å². The van der Waals surface area contributed by atoms with Crippen molar-refractivity contribution in [2.45, 2.75) is 13.3 Å². The van der Waals surface area contributed by atoms with Crippen molar-refractivity contribution in [2.24, 2.45) is 0 Å². The molecule has 0 radical (unpaired) electrons. The van der Waals surface area contributed by atoms with Crippen molar-refractivity contribution in [3.63, 3.8) is 0 Å². The molecule has 19 heavy (non-hydrogen) atoms. The summed E-state index contributed by atoms with van der Waals surface area (Å²) in [5, 5.41) is 0. The summed E-state index contributed by atoms with van der Waals surface area (Å²) in [6.45, 7) is 2.07. The molecule has 98 valence electrons. The first kappa shape index (κ1) is 13.3. The zero-order valence-electron chi connectivity index (χ0n) is 11.1. The third-order valence-corrected chi connectivity index (χ3v) is 3.14. The lowest BCUT2D eigenvalue weighted by Gasteiger charge is -2.18. The van der Waals surface area contributed by atoms with E-state index in [1.54, 1.807) is 19.2 Å². The number of hydrogen-bond donors (Lipinski definition) is 0. The molecule has 2 aromatic rings. The Balaban J connectivity index is 2.26. The van der Waals surface area contributed by atoms with Gasteiger partial charge in [0.2, 0.25) is 0 Å². The predicted molar refractivity (Wildman–Crippen MR) is 75.0 cm³/mol. The quantitative estimate of drug-likeness (QED) is 0.821. The number of rotatable bonds is 3. The highest BCUT2D eigenvalue weighted by molar-refractivity contribution is 6.05. The normalized spacial score (nSPS) is 10.3. The summed E-state index contributed by atoms with van der Waals surface area (Å²) in [7, 11) is 1.65. The van der Waals surface area contributed by atoms with Crippen molar-refractivity contribution in [3.05, 3.63) is 65.5 Å². The minimum atomic E-state index is -0.496. The molecule has 0 saturated carbocycles. The Morgan fingerprint density at radius 3 is 2.32 bits per heavy atom. The molecule has 0 spiro atoms. The number of hydrogen-bond acceptors (Lipinski definition) is 1. The van der Waals surface area contributed by atoms with Crippen molar-refractivity contribution in [2.75, 3.05) is 11.9 Å². The summed E-state index contributed by atoms with van der Waals surface area (Å²) in [5.74, 6) is -0.841. The van der Waals surface area contributed by atoms with Gasteiger partial charge in [-0.1, -0.05) is 31.2 Å². The maximum atomic E-state index is 13.6. The van der Waals surface area contributed by atoms with Crippen LogP contribution in [0, 0.1) is 5.82 Å². The SMILES string of the molecule is CCc1ccc(N(C)C(=O)c2ccccc2F)cc1. The summed E-state index contributed by atoms with van der Waals surface area (Å²) in [4.78, 5) is 13.7. The molecule has 0 heterocycles. The van der Waals surface area contributed by atoms with Crippen LogP contribution in [-0.4, -0.2) is 13.0 Å². The second-order valence-electron chi connectivity index (χ2n) is 4.36. The highest BCUT2D eigenvalue weighted by Crippen LogP contribution is 2.18. The molecule has 3 heteroatoms. The van der Waals surface area contributed by atoms with Gasteiger partial charge in [0.05, 0.1) is 5.56 Å². The topological polar surface area (TPSA) is 20.3 Å². The van der Waals surface area contributed by atoms with E-state index in [1.807, 2.05) is 24.3 Å². The maximum Gasteiger partial charge on any atom is 0.260 e. The van der Waals surface area contributed by atoms with Crippen LogP contribution in [0.25, 0.3) is 0 Å². The molecule has 0 unspecified atom stereocenters. The third-order valence-electron chi connectivity index (χ3n) is 3.14. The molecular weight excluding hydrogens is 241 g/mol. The van der Waals surface area contributed by atoms with Gasteiger partial charge in [0.1, 0.15) is 5.82 Å². The molecule has 2 rings (SSSR count). The summed E-state index contributed by atoms with van der Waals surface area (Å²) in [6, 6.07) is 13.7. The van der Waals surface area contributed by atoms with Crippen LogP contribution in [0.1, 0.15) is 22.8 Å². The summed E-state index contributed by atoms with van der Waals surface area (Å²) in [6.07, 6.45) is 0.950. The van der Waals surface area contributed by atoms with E-state index in [-0.39, 0.29) is 11.5 Å². The van der Waals surface area contributed by atoms with Crippen molar-refractivity contribution < 1.29 is 9.18 Å². The van der Waals surface area contributed by atoms with Gasteiger partial charge in [0.15, 0.2) is 0 Å². The van der Waals surface area contributed by atoms with Crippen LogP contribution in [0.4, 0.5) is 10.1 Å². The predicted octanol–water partition coefficient (Wildman–Crippen LogP) is 3.66. The molecule has 0 fully saturated rings. The monoisotopic (exact) mass is 257 g/mol. The fraction of sp³-hybridized carbons (Fsp3) is 0.188. The fourth-order valence-electron chi connectivity index (χ4n) is 1.89. The zero-order valence-corrected chi connectivity index (χ0v) is 11.1. The first-order chi connectivity index (χ1) is 9.13. The second-order valence-corrected chi connectivity index (χ2v) is 4.36. The second kappa shape index (κ2) is 5.65. The van der Waals surface area contributed by atoms with Crippen molar-refractivity contribution in [1.29, 1.82) is 0 Å². The van der Waals surface area contributed by atoms with E-state index in [0.717, 1.165) is 12.1 Å². The zero-order chi connectivity index (χ0) is 13.8. The Bertz CT molecular complexity index is 578. The smallest absolute Gasteiger partial charge is 0.260 e. The number of carbonyl (C=O) groups is 1. The van der Waals surface area contributed by atoms with Gasteiger partial charge in [-0.05, 0) is 36.2 Å². The molecule has 0 aliphatic heterocycles. The van der Waals surface area contributed by atoms with E-state index in [0.29, 0.717) is 0 Å². The summed E-state index contributed by atoms with van der Waals surface area (Å²) >= 11 is 0. The molecular formula is C16H16FNO. The van der Waals surface area contributed by atoms with E-state index in [4.69, 9.17) is 0 Å². The van der Waals surface area contributed by atoms with E-state index in [1.165, 1.54) is 22.6 Å². The molecule has 0 aromatic heterocycles. The number of benzene rings is 2. The number of aryl methyl sites for hydroxylation is 1. The highest BCUT2D eigenvalue weighted by atomic mass is 19.1. The number of carbonyl (C=O) groups excluding carboxylic acids is 1. The summed E-state index contributed by atoms with van der Waals surface area (Å²) in [5.41, 5.74) is 2.05. The lowest BCUT2D eigenvalue weighted by Crippen LogP contribution is -2.27. The van der Waals surface area contributed by atoms with Gasteiger partial charge >= 0.3 is 0 Å². The van der Waals surface area contributed by atoms with Crippen molar-refractivity contribution >= 4 is 11.6 Å². The Kier molecular flexibility index (Phi) is 3.95. The average Bonchev–Trinajstić information content (AvgIpc) is 2.46. The van der Waals surface area contributed by atoms with Gasteiger partial charge in [-0.3, -0.25) is 4.79 Å². The minimum absolute atomic E-state index is 0.0876. The molecule has 0 saturated heterocycles. The standard InChI is InChI=1S/C16H16FNO/c1-3-12-8-10-13(11-9-12)18(2)16(19)14-6-4-5-7-15(14)17/h4-11H,3H2,1-2H3. The fourth-order valence-corrected chi connectivity index (χ4v) is 1.89. The molecule has 1 amide bonds. The lowest BCUT2D eigenvalue weighted by atomic mass is 10.1. The van der Waals surface area contributed by atoms with E-state index in [2.05, 4.69) is 6.92 Å². The number of nitrogens with zero attached hydrogens (tertiary/aromatic N) is 1. The van der Waals surface area contributed by atoms with Gasteiger partial charge in [-0.25, -0.2) is 4.39 Å². The van der Waals surface area contributed by atoms with Crippen molar-refractivity contribution in [1.82, 2.24) is 0 Å². The average molecular weight is 257 g/mol. The van der Waals surface area contributed by atoms with Crippen LogP contribution >= 0.6 is 0 Å². The van der Waals surface area contributed by atoms with Gasteiger partial charge in [0.25, 0.3) is 5.91 Å². The first-order valence-corrected chi connectivity index (χ1v) is 6.25. The number of anilines is 1. The van der Waals surface area contributed by atoms with E-state index >= 15 is 0 Å². The number of amides is 1. The van der Waals surface area contributed by atoms with Gasteiger partial charge in [-0.2, -0.15) is 0 Å². The van der Waals surface area contributed by atoms with Crippen LogP contribution in [0.3, 0.4) is 0 Å². The molecule has 0 bridgehead atoms. The Morgan fingerprint density at radius 1 is 1.11 bits per heavy atom. The van der Waals surface area contributed by atoms with Gasteiger partial charge < -0.3 is 4.90 Å². The molecule has 0 atom stereocenters. The van der Waals surface area contributed by atoms with Crippen LogP contribution in [-0.2, 0) is 6.42 Å². The van der Waals surface area contributed by atoms with Crippen LogP contribution in [0.2, 0.25) is 0 Å². The van der Waals surface area contributed by atoms with E-state index in [9.17, 15) is 9.18 Å². The molecule has 2 nitrogen and oxygen atoms in total. The lowest BCUT2D eigenvalue weighted by molar-refractivity contribution is 0.0989.